The maximum absolute atomic E-state index is 12.3. The summed E-state index contributed by atoms with van der Waals surface area (Å²) in [7, 11) is 1.93. The van der Waals surface area contributed by atoms with Gasteiger partial charge in [0.1, 0.15) is 6.04 Å². The monoisotopic (exact) mass is 336 g/mol. The fraction of sp³-hybridized carbons (Fsp3) is 0.412. The molecule has 0 saturated heterocycles. The van der Waals surface area contributed by atoms with Crippen molar-refractivity contribution in [3.8, 4) is 0 Å². The number of aryl methyl sites for hydroxylation is 2. The van der Waals surface area contributed by atoms with Crippen molar-refractivity contribution in [3.63, 3.8) is 0 Å². The summed E-state index contributed by atoms with van der Waals surface area (Å²) in [5, 5.41) is 7.39. The average Bonchev–Trinajstić information content (AvgIpc) is 2.73. The molecule has 126 valence electrons. The Morgan fingerprint density at radius 1 is 1.30 bits per heavy atom. The lowest BCUT2D eigenvalue weighted by Crippen LogP contribution is -2.40. The van der Waals surface area contributed by atoms with E-state index in [2.05, 4.69) is 10.4 Å². The van der Waals surface area contributed by atoms with E-state index in [0.717, 1.165) is 23.4 Å². The number of benzene rings is 1. The van der Waals surface area contributed by atoms with Gasteiger partial charge < -0.3 is 11.1 Å². The molecule has 2 rings (SSSR count). The van der Waals surface area contributed by atoms with Crippen LogP contribution < -0.4 is 11.1 Å². The van der Waals surface area contributed by atoms with Gasteiger partial charge in [-0.05, 0) is 38.3 Å². The second-order valence-electron chi connectivity index (χ2n) is 5.78. The molecule has 0 bridgehead atoms. The zero-order chi connectivity index (χ0) is 16.3. The van der Waals surface area contributed by atoms with Gasteiger partial charge in [0.05, 0.1) is 5.69 Å². The predicted octanol–water partition coefficient (Wildman–Crippen LogP) is 2.21. The number of carbonyl (C=O) groups is 1. The molecule has 1 heterocycles. The van der Waals surface area contributed by atoms with Crippen LogP contribution in [0.25, 0.3) is 0 Å². The Morgan fingerprint density at radius 3 is 2.43 bits per heavy atom. The molecule has 5 nitrogen and oxygen atoms in total. The molecule has 0 aliphatic carbocycles. The second-order valence-corrected chi connectivity index (χ2v) is 5.78. The van der Waals surface area contributed by atoms with Gasteiger partial charge in [-0.1, -0.05) is 30.3 Å². The number of carbonyl (C=O) groups excluding carboxylic acids is 1. The largest absolute Gasteiger partial charge is 0.352 e. The van der Waals surface area contributed by atoms with Gasteiger partial charge in [-0.15, -0.1) is 12.4 Å². The van der Waals surface area contributed by atoms with Crippen molar-refractivity contribution in [2.75, 3.05) is 0 Å². The summed E-state index contributed by atoms with van der Waals surface area (Å²) < 4.78 is 1.87. The van der Waals surface area contributed by atoms with Gasteiger partial charge in [-0.25, -0.2) is 0 Å². The molecule has 6 heteroatoms. The second kappa shape index (κ2) is 8.13. The smallest absolute Gasteiger partial charge is 0.241 e. The Balaban J connectivity index is 0.00000264. The van der Waals surface area contributed by atoms with Crippen LogP contribution in [0.5, 0.6) is 0 Å². The summed E-state index contributed by atoms with van der Waals surface area (Å²) in [5.41, 5.74) is 10.2. The first kappa shape index (κ1) is 19.2. The van der Waals surface area contributed by atoms with Crippen molar-refractivity contribution < 1.29 is 4.79 Å². The number of hydrogen-bond acceptors (Lipinski definition) is 3. The summed E-state index contributed by atoms with van der Waals surface area (Å²) >= 11 is 0. The van der Waals surface area contributed by atoms with Crippen LogP contribution in [0.3, 0.4) is 0 Å². The number of nitrogens with two attached hydrogens (primary N) is 1. The first-order valence-corrected chi connectivity index (χ1v) is 7.50. The van der Waals surface area contributed by atoms with Crippen LogP contribution in [-0.2, 0) is 18.3 Å². The third kappa shape index (κ3) is 4.56. The van der Waals surface area contributed by atoms with E-state index in [9.17, 15) is 4.79 Å². The average molecular weight is 337 g/mol. The Hall–Kier alpha value is -1.85. The minimum atomic E-state index is -0.639. The van der Waals surface area contributed by atoms with Crippen molar-refractivity contribution in [1.29, 1.82) is 0 Å². The predicted molar refractivity (Wildman–Crippen MR) is 94.6 cm³/mol. The number of nitrogens with one attached hydrogen (secondary N) is 1. The normalized spacial score (nSPS) is 13.1. The molecule has 2 atom stereocenters. The SMILES string of the molecule is Cc1nn(C)c(C)c1CC(C)NC(=O)C(N)c1ccccc1.Cl. The van der Waals surface area contributed by atoms with Gasteiger partial charge in [0.15, 0.2) is 0 Å². The summed E-state index contributed by atoms with van der Waals surface area (Å²) in [4.78, 5) is 12.3. The van der Waals surface area contributed by atoms with Gasteiger partial charge >= 0.3 is 0 Å². The molecule has 1 amide bonds. The van der Waals surface area contributed by atoms with Crippen LogP contribution in [-0.4, -0.2) is 21.7 Å². The molecule has 0 aliphatic heterocycles. The van der Waals surface area contributed by atoms with Gasteiger partial charge in [0.25, 0.3) is 0 Å². The van der Waals surface area contributed by atoms with Crippen LogP contribution in [0, 0.1) is 13.8 Å². The molecule has 1 aromatic heterocycles. The van der Waals surface area contributed by atoms with Crippen molar-refractivity contribution in [1.82, 2.24) is 15.1 Å². The third-order valence-corrected chi connectivity index (χ3v) is 4.00. The van der Waals surface area contributed by atoms with Gasteiger partial charge in [0, 0.05) is 18.8 Å². The molecule has 23 heavy (non-hydrogen) atoms. The van der Waals surface area contributed by atoms with Gasteiger partial charge in [0.2, 0.25) is 5.91 Å². The van der Waals surface area contributed by atoms with E-state index in [4.69, 9.17) is 5.73 Å². The highest BCUT2D eigenvalue weighted by Crippen LogP contribution is 2.15. The minimum Gasteiger partial charge on any atom is -0.352 e. The minimum absolute atomic E-state index is 0. The molecule has 0 spiro atoms. The van der Waals surface area contributed by atoms with E-state index >= 15 is 0 Å². The molecule has 3 N–H and O–H groups in total. The fourth-order valence-electron chi connectivity index (χ4n) is 2.61. The first-order valence-electron chi connectivity index (χ1n) is 7.50. The molecular formula is C17H25ClN4O. The first-order chi connectivity index (χ1) is 10.4. The molecule has 0 radical (unpaired) electrons. The zero-order valence-electron chi connectivity index (χ0n) is 14.0. The van der Waals surface area contributed by atoms with E-state index in [1.165, 1.54) is 5.56 Å². The van der Waals surface area contributed by atoms with Gasteiger partial charge in [-0.2, -0.15) is 5.10 Å². The summed E-state index contributed by atoms with van der Waals surface area (Å²) in [6.07, 6.45) is 0.749. The van der Waals surface area contributed by atoms with Crippen molar-refractivity contribution >= 4 is 18.3 Å². The van der Waals surface area contributed by atoms with E-state index < -0.39 is 6.04 Å². The molecule has 2 unspecified atom stereocenters. The summed E-state index contributed by atoms with van der Waals surface area (Å²) in [6, 6.07) is 8.77. The lowest BCUT2D eigenvalue weighted by molar-refractivity contribution is -0.123. The Labute approximate surface area is 143 Å². The Kier molecular flexibility index (Phi) is 6.79. The maximum Gasteiger partial charge on any atom is 0.241 e. The molecular weight excluding hydrogens is 312 g/mol. The van der Waals surface area contributed by atoms with E-state index in [1.54, 1.807) is 0 Å². The topological polar surface area (TPSA) is 72.9 Å². The highest BCUT2D eigenvalue weighted by atomic mass is 35.5. The Bertz CT molecular complexity index is 654. The van der Waals surface area contributed by atoms with Crippen LogP contribution in [0.1, 0.15) is 35.5 Å². The lowest BCUT2D eigenvalue weighted by Gasteiger charge is -2.18. The zero-order valence-corrected chi connectivity index (χ0v) is 14.9. The van der Waals surface area contributed by atoms with Crippen molar-refractivity contribution in [2.45, 2.75) is 39.3 Å². The number of aromatic nitrogens is 2. The molecule has 0 saturated carbocycles. The number of nitrogens with zero attached hydrogens (tertiary/aromatic N) is 2. The van der Waals surface area contributed by atoms with Crippen molar-refractivity contribution in [3.05, 3.63) is 52.8 Å². The fourth-order valence-corrected chi connectivity index (χ4v) is 2.61. The number of hydrogen-bond donors (Lipinski definition) is 2. The highest BCUT2D eigenvalue weighted by molar-refractivity contribution is 5.85. The van der Waals surface area contributed by atoms with Gasteiger partial charge in [-0.3, -0.25) is 9.48 Å². The van der Waals surface area contributed by atoms with E-state index in [1.807, 2.05) is 62.8 Å². The number of amides is 1. The molecule has 0 aliphatic rings. The molecule has 0 fully saturated rings. The van der Waals surface area contributed by atoms with Crippen LogP contribution >= 0.6 is 12.4 Å². The van der Waals surface area contributed by atoms with Crippen LogP contribution in [0.4, 0.5) is 0 Å². The van der Waals surface area contributed by atoms with Crippen LogP contribution in [0.15, 0.2) is 30.3 Å². The summed E-state index contributed by atoms with van der Waals surface area (Å²) in [5.74, 6) is -0.155. The standard InChI is InChI=1S/C17H24N4O.ClH/c1-11(10-15-12(2)20-21(4)13(15)3)19-17(22)16(18)14-8-6-5-7-9-14;/h5-9,11,16H,10,18H2,1-4H3,(H,19,22);1H. The van der Waals surface area contributed by atoms with Crippen LogP contribution in [0.2, 0.25) is 0 Å². The molecule has 2 aromatic rings. The van der Waals surface area contributed by atoms with E-state index in [0.29, 0.717) is 0 Å². The Morgan fingerprint density at radius 2 is 1.91 bits per heavy atom. The molecule has 1 aromatic carbocycles. The quantitative estimate of drug-likeness (QED) is 0.879. The number of halogens is 1. The van der Waals surface area contributed by atoms with E-state index in [-0.39, 0.29) is 24.4 Å². The van der Waals surface area contributed by atoms with Crippen molar-refractivity contribution in [2.24, 2.45) is 12.8 Å². The third-order valence-electron chi connectivity index (χ3n) is 4.00. The highest BCUT2D eigenvalue weighted by Gasteiger charge is 2.19. The maximum atomic E-state index is 12.3. The summed E-state index contributed by atoms with van der Waals surface area (Å²) in [6.45, 7) is 6.02. The lowest BCUT2D eigenvalue weighted by atomic mass is 10.0. The number of rotatable bonds is 5.